The molecular weight excluding hydrogens is 142 g/mol. The summed E-state index contributed by atoms with van der Waals surface area (Å²) in [6.45, 7) is 0.543. The van der Waals surface area contributed by atoms with E-state index in [1.807, 2.05) is 0 Å². The summed E-state index contributed by atoms with van der Waals surface area (Å²) in [6.07, 6.45) is 1.48. The lowest BCUT2D eigenvalue weighted by molar-refractivity contribution is -0.527. The molecule has 0 fully saturated rings. The van der Waals surface area contributed by atoms with E-state index in [0.717, 1.165) is 0 Å². The molecule has 0 aromatic heterocycles. The number of rotatable bonds is 0. The molecule has 0 atom stereocenters. The Morgan fingerprint density at radius 2 is 2.62 bits per heavy atom. The number of hydrogen-bond acceptors (Lipinski definition) is 2. The number of thiocarbonyl (C=S) groups is 1. The van der Waals surface area contributed by atoms with Gasteiger partial charge >= 0.3 is 0 Å². The fourth-order valence-corrected chi connectivity index (χ4v) is 0.808. The average molecular weight is 146 g/mol. The second-order valence-corrected chi connectivity index (χ2v) is 2.23. The van der Waals surface area contributed by atoms with Crippen LogP contribution in [-0.4, -0.2) is 21.9 Å². The smallest absolute Gasteiger partial charge is 0.219 e. The zero-order valence-corrected chi connectivity index (χ0v) is 5.63. The van der Waals surface area contributed by atoms with Gasteiger partial charge in [0.05, 0.1) is 0 Å². The van der Waals surface area contributed by atoms with Crippen molar-refractivity contribution in [3.8, 4) is 0 Å². The highest BCUT2D eigenvalue weighted by Gasteiger charge is 2.09. The minimum absolute atomic E-state index is 0.543. The number of hydrazine groups is 1. The van der Waals surface area contributed by atoms with E-state index in [1.54, 1.807) is 0 Å². The highest BCUT2D eigenvalue weighted by atomic mass is 32.1. The third-order valence-electron chi connectivity index (χ3n) is 0.689. The lowest BCUT2D eigenvalue weighted by Crippen LogP contribution is -2.33. The number of nitrogens with zero attached hydrogens (tertiary/aromatic N) is 2. The van der Waals surface area contributed by atoms with Gasteiger partial charge in [0.15, 0.2) is 11.3 Å². The van der Waals surface area contributed by atoms with Crippen molar-refractivity contribution < 1.29 is 4.05 Å². The first-order chi connectivity index (χ1) is 3.79. The Morgan fingerprint density at radius 1 is 1.88 bits per heavy atom. The second-order valence-electron chi connectivity index (χ2n) is 1.32. The van der Waals surface area contributed by atoms with Gasteiger partial charge < -0.3 is 0 Å². The third kappa shape index (κ3) is 1.28. The molecular formula is C3H4N3S2+. The van der Waals surface area contributed by atoms with Crippen LogP contribution in [0.25, 0.3) is 0 Å². The molecule has 0 aromatic carbocycles. The molecule has 0 unspecified atom stereocenters. The molecule has 0 amide bonds. The van der Waals surface area contributed by atoms with Crippen molar-refractivity contribution in [2.75, 3.05) is 6.54 Å². The van der Waals surface area contributed by atoms with Crippen molar-refractivity contribution in [2.45, 2.75) is 0 Å². The van der Waals surface area contributed by atoms with Crippen LogP contribution in [-0.2, 0) is 12.4 Å². The Morgan fingerprint density at radius 3 is 3.00 bits per heavy atom. The van der Waals surface area contributed by atoms with Crippen molar-refractivity contribution >= 4 is 36.0 Å². The molecule has 0 aromatic rings. The van der Waals surface area contributed by atoms with Gasteiger partial charge in [-0.15, -0.1) is 5.43 Å². The number of aliphatic imine (C=N–C) groups is 1. The number of hydrogen-bond donors (Lipinski definition) is 1. The standard InChI is InChI=1S/C3H3N3S2/c7-3-1-6(8)5-2-4-3/h2H,1H2/p+1. The summed E-state index contributed by atoms with van der Waals surface area (Å²) in [5.74, 6) is 0. The maximum absolute atomic E-state index is 4.74. The van der Waals surface area contributed by atoms with Crippen molar-refractivity contribution in [3.63, 3.8) is 0 Å². The van der Waals surface area contributed by atoms with Gasteiger partial charge in [0.2, 0.25) is 6.54 Å². The minimum Gasteiger partial charge on any atom is -0.219 e. The summed E-state index contributed by atoms with van der Waals surface area (Å²) in [4.78, 5) is 4.39. The zero-order chi connectivity index (χ0) is 5.98. The Balaban J connectivity index is 2.68. The van der Waals surface area contributed by atoms with Crippen LogP contribution in [0.4, 0.5) is 0 Å². The summed E-state index contributed by atoms with van der Waals surface area (Å²) in [5.41, 5.74) is 2.68. The van der Waals surface area contributed by atoms with Gasteiger partial charge in [-0.1, -0.05) is 12.2 Å². The van der Waals surface area contributed by atoms with E-state index in [-0.39, 0.29) is 0 Å². The van der Waals surface area contributed by atoms with Crippen LogP contribution in [0.2, 0.25) is 0 Å². The summed E-state index contributed by atoms with van der Waals surface area (Å²) in [7, 11) is 0. The van der Waals surface area contributed by atoms with Crippen LogP contribution < -0.4 is 5.43 Å². The van der Waals surface area contributed by atoms with Crippen LogP contribution in [0.5, 0.6) is 0 Å². The van der Waals surface area contributed by atoms with Gasteiger partial charge in [0.1, 0.15) is 0 Å². The monoisotopic (exact) mass is 146 g/mol. The molecule has 42 valence electrons. The molecule has 1 heterocycles. The molecule has 1 N–H and O–H groups in total. The predicted octanol–water partition coefficient (Wildman–Crippen LogP) is -0.397. The molecule has 0 saturated carbocycles. The molecule has 0 spiro atoms. The van der Waals surface area contributed by atoms with Gasteiger partial charge in [-0.25, -0.2) is 4.99 Å². The van der Waals surface area contributed by atoms with Gasteiger partial charge in [-0.05, 0) is 4.05 Å². The normalized spacial score (nSPS) is 18.5. The molecule has 0 radical (unpaired) electrons. The van der Waals surface area contributed by atoms with Gasteiger partial charge in [0, 0.05) is 0 Å². The zero-order valence-electron chi connectivity index (χ0n) is 4.00. The van der Waals surface area contributed by atoms with Gasteiger partial charge in [-0.3, -0.25) is 0 Å². The molecule has 0 saturated heterocycles. The molecule has 3 nitrogen and oxygen atoms in total. The first kappa shape index (κ1) is 5.71. The topological polar surface area (TPSA) is 27.4 Å². The third-order valence-corrected chi connectivity index (χ3v) is 1.16. The maximum atomic E-state index is 4.74. The van der Waals surface area contributed by atoms with Crippen LogP contribution >= 0.6 is 12.2 Å². The van der Waals surface area contributed by atoms with E-state index < -0.39 is 0 Å². The lowest BCUT2D eigenvalue weighted by Gasteiger charge is -1.98. The van der Waals surface area contributed by atoms with Crippen LogP contribution in [0.1, 0.15) is 0 Å². The minimum atomic E-state index is 0.543. The van der Waals surface area contributed by atoms with Crippen molar-refractivity contribution in [3.05, 3.63) is 0 Å². The number of nitrogens with one attached hydrogen (secondary N) is 1. The van der Waals surface area contributed by atoms with Crippen LogP contribution in [0.15, 0.2) is 4.99 Å². The summed E-state index contributed by atoms with van der Waals surface area (Å²) < 4.78 is 1.45. The average Bonchev–Trinajstić information content (AvgIpc) is 1.64. The first-order valence-corrected chi connectivity index (χ1v) is 2.82. The van der Waals surface area contributed by atoms with E-state index in [2.05, 4.69) is 10.4 Å². The first-order valence-electron chi connectivity index (χ1n) is 2.05. The fourth-order valence-electron chi connectivity index (χ4n) is 0.375. The summed E-state index contributed by atoms with van der Waals surface area (Å²) in [5, 5.41) is 0. The summed E-state index contributed by atoms with van der Waals surface area (Å²) >= 11 is 9.45. The Labute approximate surface area is 57.5 Å². The highest BCUT2D eigenvalue weighted by molar-refractivity contribution is 7.80. The van der Waals surface area contributed by atoms with E-state index in [9.17, 15) is 0 Å². The maximum Gasteiger partial charge on any atom is 0.298 e. The lowest BCUT2D eigenvalue weighted by atomic mass is 10.6. The van der Waals surface area contributed by atoms with Gasteiger partial charge in [0.25, 0.3) is 12.4 Å². The molecule has 0 aliphatic carbocycles. The van der Waals surface area contributed by atoms with Crippen molar-refractivity contribution in [1.29, 1.82) is 0 Å². The summed E-state index contributed by atoms with van der Waals surface area (Å²) in [6, 6.07) is 0. The van der Waals surface area contributed by atoms with E-state index in [1.165, 1.54) is 10.4 Å². The molecule has 1 aliphatic heterocycles. The predicted molar refractivity (Wildman–Crippen MR) is 36.7 cm³/mol. The quantitative estimate of drug-likeness (QED) is 0.372. The SMILES string of the molecule is S=C1C[N+](=S)NC=N1. The van der Waals surface area contributed by atoms with E-state index >= 15 is 0 Å². The van der Waals surface area contributed by atoms with E-state index in [0.29, 0.717) is 11.5 Å². The molecule has 1 aliphatic rings. The van der Waals surface area contributed by atoms with Crippen LogP contribution in [0, 0.1) is 0 Å². The Kier molecular flexibility index (Phi) is 1.59. The Bertz CT molecular complexity index is 162. The van der Waals surface area contributed by atoms with E-state index in [4.69, 9.17) is 24.6 Å². The largest absolute Gasteiger partial charge is 0.298 e. The molecule has 5 heteroatoms. The Hall–Kier alpha value is -0.420. The second kappa shape index (κ2) is 2.23. The molecule has 8 heavy (non-hydrogen) atoms. The fraction of sp³-hybridized carbons (Fsp3) is 0.333. The highest BCUT2D eigenvalue weighted by Crippen LogP contribution is 1.82. The molecule has 0 bridgehead atoms. The van der Waals surface area contributed by atoms with Crippen molar-refractivity contribution in [2.24, 2.45) is 4.99 Å². The molecule has 1 rings (SSSR count). The van der Waals surface area contributed by atoms with Crippen LogP contribution in [0.3, 0.4) is 0 Å². The van der Waals surface area contributed by atoms with Crippen molar-refractivity contribution in [1.82, 2.24) is 5.43 Å². The van der Waals surface area contributed by atoms with Gasteiger partial charge in [-0.2, -0.15) is 0 Å².